The molecule has 2 aliphatic rings. The van der Waals surface area contributed by atoms with Gasteiger partial charge in [0.2, 0.25) is 0 Å². The Morgan fingerprint density at radius 3 is 2.05 bits per heavy atom. The van der Waals surface area contributed by atoms with Crippen LogP contribution in [0.5, 0.6) is 0 Å². The first-order valence-electron chi connectivity index (χ1n) is 9.43. The largest absolute Gasteiger partial charge is 0.303 e. The Morgan fingerprint density at radius 1 is 0.952 bits per heavy atom. The molecule has 0 N–H and O–H groups in total. The van der Waals surface area contributed by atoms with Gasteiger partial charge in [-0.25, -0.2) is 0 Å². The minimum Gasteiger partial charge on any atom is -0.303 e. The van der Waals surface area contributed by atoms with Crippen LogP contribution in [0.1, 0.15) is 66.7 Å². The smallest absolute Gasteiger partial charge is 0.00722 e. The fraction of sp³-hybridized carbons (Fsp3) is 1.00. The molecule has 0 saturated carbocycles. The molecule has 2 fully saturated rings. The minimum absolute atomic E-state index is 0.796. The summed E-state index contributed by atoms with van der Waals surface area (Å²) in [4.78, 5) is 5.47. The van der Waals surface area contributed by atoms with E-state index in [1.807, 2.05) is 0 Å². The summed E-state index contributed by atoms with van der Waals surface area (Å²) in [5.41, 5.74) is 0. The molecule has 2 heterocycles. The molecule has 0 bridgehead atoms. The maximum atomic E-state index is 2.79. The maximum Gasteiger partial charge on any atom is 0.00722 e. The van der Waals surface area contributed by atoms with Crippen LogP contribution in [0, 0.1) is 17.8 Å². The van der Waals surface area contributed by atoms with E-state index in [2.05, 4.69) is 44.4 Å². The van der Waals surface area contributed by atoms with Crippen LogP contribution in [0.4, 0.5) is 0 Å². The number of nitrogens with zero attached hydrogens (tertiary/aromatic N) is 2. The van der Waals surface area contributed by atoms with Gasteiger partial charge in [-0.2, -0.15) is 0 Å². The minimum atomic E-state index is 0.796. The lowest BCUT2D eigenvalue weighted by Crippen LogP contribution is -2.47. The molecule has 2 atom stereocenters. The van der Waals surface area contributed by atoms with E-state index in [4.69, 9.17) is 0 Å². The van der Waals surface area contributed by atoms with E-state index in [1.54, 1.807) is 0 Å². The highest BCUT2D eigenvalue weighted by Crippen LogP contribution is 2.29. The first kappa shape index (κ1) is 17.3. The Bertz CT molecular complexity index is 282. The summed E-state index contributed by atoms with van der Waals surface area (Å²) in [7, 11) is 0. The van der Waals surface area contributed by atoms with Crippen molar-refractivity contribution in [1.29, 1.82) is 0 Å². The van der Waals surface area contributed by atoms with E-state index in [0.29, 0.717) is 0 Å². The van der Waals surface area contributed by atoms with Crippen LogP contribution in [0.2, 0.25) is 0 Å². The normalized spacial score (nSPS) is 33.7. The van der Waals surface area contributed by atoms with Gasteiger partial charge in [0.15, 0.2) is 0 Å². The fourth-order valence-corrected chi connectivity index (χ4v) is 4.71. The molecule has 124 valence electrons. The van der Waals surface area contributed by atoms with Crippen LogP contribution in [-0.4, -0.2) is 48.1 Å². The molecular weight excluding hydrogens is 256 g/mol. The molecule has 0 aliphatic carbocycles. The predicted octanol–water partition coefficient (Wildman–Crippen LogP) is 4.25. The highest BCUT2D eigenvalue weighted by Gasteiger charge is 2.29. The third-order valence-corrected chi connectivity index (χ3v) is 5.75. The fourth-order valence-electron chi connectivity index (χ4n) is 4.71. The van der Waals surface area contributed by atoms with Gasteiger partial charge in [-0.3, -0.25) is 4.90 Å². The Kier molecular flexibility index (Phi) is 6.55. The summed E-state index contributed by atoms with van der Waals surface area (Å²) in [6.45, 7) is 17.3. The lowest BCUT2D eigenvalue weighted by atomic mass is 9.87. The van der Waals surface area contributed by atoms with Crippen LogP contribution in [0.25, 0.3) is 0 Å². The van der Waals surface area contributed by atoms with Crippen molar-refractivity contribution in [2.45, 2.75) is 78.8 Å². The maximum absolute atomic E-state index is 2.79. The molecule has 2 rings (SSSR count). The highest BCUT2D eigenvalue weighted by molar-refractivity contribution is 4.84. The summed E-state index contributed by atoms with van der Waals surface area (Å²) >= 11 is 0. The predicted molar refractivity (Wildman–Crippen MR) is 92.6 cm³/mol. The number of rotatable bonds is 5. The molecule has 0 spiro atoms. The Morgan fingerprint density at radius 2 is 1.52 bits per heavy atom. The van der Waals surface area contributed by atoms with Gasteiger partial charge in [-0.1, -0.05) is 20.8 Å². The highest BCUT2D eigenvalue weighted by atomic mass is 15.2. The topological polar surface area (TPSA) is 6.48 Å². The van der Waals surface area contributed by atoms with Crippen molar-refractivity contribution >= 4 is 0 Å². The Balaban J connectivity index is 1.69. The Labute approximate surface area is 133 Å². The molecule has 21 heavy (non-hydrogen) atoms. The van der Waals surface area contributed by atoms with E-state index >= 15 is 0 Å². The quantitative estimate of drug-likeness (QED) is 0.748. The third kappa shape index (κ3) is 5.25. The monoisotopic (exact) mass is 294 g/mol. The van der Waals surface area contributed by atoms with Gasteiger partial charge < -0.3 is 4.90 Å². The summed E-state index contributed by atoms with van der Waals surface area (Å²) < 4.78 is 0. The van der Waals surface area contributed by atoms with E-state index < -0.39 is 0 Å². The second kappa shape index (κ2) is 7.97. The average Bonchev–Trinajstić information content (AvgIpc) is 2.38. The van der Waals surface area contributed by atoms with Crippen LogP contribution >= 0.6 is 0 Å². The Hall–Kier alpha value is -0.0800. The van der Waals surface area contributed by atoms with Crippen LogP contribution in [-0.2, 0) is 0 Å². The molecule has 0 aromatic heterocycles. The zero-order valence-electron chi connectivity index (χ0n) is 15.1. The first-order chi connectivity index (χ1) is 9.95. The number of likely N-dealkylation sites (tertiary alicyclic amines) is 2. The summed E-state index contributed by atoms with van der Waals surface area (Å²) in [6, 6.07) is 1.59. The van der Waals surface area contributed by atoms with Crippen molar-refractivity contribution in [2.75, 3.05) is 26.2 Å². The van der Waals surface area contributed by atoms with Gasteiger partial charge in [0, 0.05) is 18.6 Å². The average molecular weight is 295 g/mol. The van der Waals surface area contributed by atoms with Crippen molar-refractivity contribution in [3.05, 3.63) is 0 Å². The molecule has 2 heteroatoms. The van der Waals surface area contributed by atoms with Crippen molar-refractivity contribution in [1.82, 2.24) is 9.80 Å². The van der Waals surface area contributed by atoms with Gasteiger partial charge in [0.25, 0.3) is 0 Å². The molecule has 0 aromatic carbocycles. The lowest BCUT2D eigenvalue weighted by molar-refractivity contribution is 0.0634. The molecule has 2 aliphatic heterocycles. The van der Waals surface area contributed by atoms with Crippen molar-refractivity contribution in [3.63, 3.8) is 0 Å². The second-order valence-electron chi connectivity index (χ2n) is 8.44. The van der Waals surface area contributed by atoms with Crippen LogP contribution in [0.15, 0.2) is 0 Å². The zero-order valence-corrected chi connectivity index (χ0v) is 15.1. The van der Waals surface area contributed by atoms with Gasteiger partial charge in [0.05, 0.1) is 0 Å². The first-order valence-corrected chi connectivity index (χ1v) is 9.43. The van der Waals surface area contributed by atoms with Crippen LogP contribution < -0.4 is 0 Å². The van der Waals surface area contributed by atoms with Gasteiger partial charge in [-0.15, -0.1) is 0 Å². The van der Waals surface area contributed by atoms with Crippen molar-refractivity contribution in [3.8, 4) is 0 Å². The number of piperidine rings is 2. The molecule has 2 unspecified atom stereocenters. The van der Waals surface area contributed by atoms with E-state index in [9.17, 15) is 0 Å². The standard InChI is InChI=1S/C19H38N2/c1-15(2)14-20-9-6-19(7-10-20)8-11-21-17(4)12-16(3)13-18(21)5/h15-19H,6-14H2,1-5H3. The van der Waals surface area contributed by atoms with Crippen molar-refractivity contribution in [2.24, 2.45) is 17.8 Å². The summed E-state index contributed by atoms with van der Waals surface area (Å²) in [5, 5.41) is 0. The molecule has 0 radical (unpaired) electrons. The zero-order chi connectivity index (χ0) is 15.4. The molecule has 2 saturated heterocycles. The van der Waals surface area contributed by atoms with Gasteiger partial charge in [0.1, 0.15) is 0 Å². The third-order valence-electron chi connectivity index (χ3n) is 5.75. The molecule has 0 aromatic rings. The second-order valence-corrected chi connectivity index (χ2v) is 8.44. The lowest BCUT2D eigenvalue weighted by Gasteiger charge is -2.43. The van der Waals surface area contributed by atoms with E-state index in [-0.39, 0.29) is 0 Å². The van der Waals surface area contributed by atoms with Crippen molar-refractivity contribution < 1.29 is 0 Å². The molecule has 0 amide bonds. The number of hydrogen-bond donors (Lipinski definition) is 0. The SMILES string of the molecule is CC(C)CN1CCC(CCN2C(C)CC(C)CC2C)CC1. The summed E-state index contributed by atoms with van der Waals surface area (Å²) in [5.74, 6) is 2.72. The number of hydrogen-bond acceptors (Lipinski definition) is 2. The molecular formula is C19H38N2. The van der Waals surface area contributed by atoms with Gasteiger partial charge in [-0.05, 0) is 83.3 Å². The van der Waals surface area contributed by atoms with Crippen LogP contribution in [0.3, 0.4) is 0 Å². The summed E-state index contributed by atoms with van der Waals surface area (Å²) in [6.07, 6.45) is 7.09. The molecule has 2 nitrogen and oxygen atoms in total. The van der Waals surface area contributed by atoms with E-state index in [0.717, 1.165) is 29.8 Å². The van der Waals surface area contributed by atoms with E-state index in [1.165, 1.54) is 58.3 Å². The van der Waals surface area contributed by atoms with Gasteiger partial charge >= 0.3 is 0 Å².